The van der Waals surface area contributed by atoms with Gasteiger partial charge in [-0.2, -0.15) is 0 Å². The standard InChI is InChI=1S/C34H43N3O9/c1-32(2,3)44-29(40)25-20(17-21-18-36(30(41)45-33(4,5)6)26-24(21)37(25)28(26)39)16-19-14-15-35(27(19)38)22-10-12-23(13-11-22)43-31(42)46-34(7,8)9/h10-13,16,21,24,26H,14-15,17-18H2,1-9H3/t21?,24-,26?/m1/s1. The van der Waals surface area contributed by atoms with Crippen LogP contribution in [0.5, 0.6) is 5.75 Å². The summed E-state index contributed by atoms with van der Waals surface area (Å²) in [5, 5.41) is 0. The second-order valence-corrected chi connectivity index (χ2v) is 15.1. The Morgan fingerprint density at radius 3 is 2.04 bits per heavy atom. The van der Waals surface area contributed by atoms with E-state index in [1.54, 1.807) is 97.6 Å². The number of carbonyl (C=O) groups is 5. The van der Waals surface area contributed by atoms with Crippen molar-refractivity contribution in [2.24, 2.45) is 5.92 Å². The Kier molecular flexibility index (Phi) is 8.23. The van der Waals surface area contributed by atoms with Gasteiger partial charge in [0.25, 0.3) is 11.8 Å². The molecule has 1 aromatic rings. The third-order valence-corrected chi connectivity index (χ3v) is 7.82. The van der Waals surface area contributed by atoms with Crippen molar-refractivity contribution in [3.8, 4) is 5.75 Å². The second-order valence-electron chi connectivity index (χ2n) is 15.1. The highest BCUT2D eigenvalue weighted by atomic mass is 16.7. The Hall–Kier alpha value is -4.35. The summed E-state index contributed by atoms with van der Waals surface area (Å²) in [6.07, 6.45) is 1.10. The number of rotatable bonds is 4. The van der Waals surface area contributed by atoms with Crippen LogP contribution in [0.3, 0.4) is 0 Å². The molecule has 0 saturated carbocycles. The largest absolute Gasteiger partial charge is 0.514 e. The maximum atomic E-state index is 13.6. The first-order chi connectivity index (χ1) is 21.2. The highest BCUT2D eigenvalue weighted by Crippen LogP contribution is 2.48. The Morgan fingerprint density at radius 2 is 1.46 bits per heavy atom. The van der Waals surface area contributed by atoms with Crippen LogP contribution < -0.4 is 9.64 Å². The SMILES string of the molecule is CC(C)(C)OC(=O)Oc1ccc(N2CCC(=CC3=C(C(=O)OC(C)(C)C)N4C(=O)C5[C@H]4C(C3)CN5C(=O)OC(C)(C)C)C2=O)cc1. The van der Waals surface area contributed by atoms with Crippen LogP contribution in [0.2, 0.25) is 0 Å². The van der Waals surface area contributed by atoms with Crippen molar-refractivity contribution >= 4 is 35.7 Å². The molecular formula is C34H43N3O9. The molecule has 0 bridgehead atoms. The molecule has 0 spiro atoms. The van der Waals surface area contributed by atoms with Crippen LogP contribution in [0.15, 0.2) is 47.2 Å². The fourth-order valence-electron chi connectivity index (χ4n) is 6.19. The molecule has 3 atom stereocenters. The van der Waals surface area contributed by atoms with Crippen LogP contribution in [-0.4, -0.2) is 81.8 Å². The van der Waals surface area contributed by atoms with Crippen LogP contribution in [0.1, 0.15) is 75.2 Å². The number of hydrogen-bond donors (Lipinski definition) is 0. The van der Waals surface area contributed by atoms with Gasteiger partial charge in [0, 0.05) is 30.3 Å². The van der Waals surface area contributed by atoms with Crippen molar-refractivity contribution in [3.63, 3.8) is 0 Å². The number of ether oxygens (including phenoxy) is 4. The van der Waals surface area contributed by atoms with Crippen molar-refractivity contribution < 1.29 is 42.9 Å². The summed E-state index contributed by atoms with van der Waals surface area (Å²) in [4.78, 5) is 70.3. The third kappa shape index (κ3) is 6.75. The molecule has 5 rings (SSSR count). The van der Waals surface area contributed by atoms with Crippen LogP contribution in [-0.2, 0) is 28.6 Å². The Morgan fingerprint density at radius 1 is 0.848 bits per heavy atom. The second kappa shape index (κ2) is 11.5. The zero-order chi connectivity index (χ0) is 33.9. The fourth-order valence-corrected chi connectivity index (χ4v) is 6.19. The summed E-state index contributed by atoms with van der Waals surface area (Å²) in [7, 11) is 0. The van der Waals surface area contributed by atoms with E-state index in [0.29, 0.717) is 42.8 Å². The number of nitrogens with zero attached hydrogens (tertiary/aromatic N) is 3. The summed E-state index contributed by atoms with van der Waals surface area (Å²) in [6.45, 7) is 16.5. The van der Waals surface area contributed by atoms with Gasteiger partial charge in [0.2, 0.25) is 0 Å². The lowest BCUT2D eigenvalue weighted by atomic mass is 9.79. The lowest BCUT2D eigenvalue weighted by molar-refractivity contribution is -0.163. The van der Waals surface area contributed by atoms with Crippen molar-refractivity contribution in [2.75, 3.05) is 18.0 Å². The Labute approximate surface area is 269 Å². The Bertz CT molecular complexity index is 1520. The molecule has 0 aliphatic carbocycles. The topological polar surface area (TPSA) is 132 Å². The zero-order valence-corrected chi connectivity index (χ0v) is 28.0. The monoisotopic (exact) mass is 637 g/mol. The summed E-state index contributed by atoms with van der Waals surface area (Å²) >= 11 is 0. The number of carbonyl (C=O) groups excluding carboxylic acids is 5. The number of β-lactam (4-membered cyclic amide) rings is 1. The molecule has 3 saturated heterocycles. The molecule has 46 heavy (non-hydrogen) atoms. The van der Waals surface area contributed by atoms with Gasteiger partial charge in [-0.05, 0) is 111 Å². The molecule has 248 valence electrons. The van der Waals surface area contributed by atoms with E-state index >= 15 is 0 Å². The van der Waals surface area contributed by atoms with Crippen LogP contribution in [0.25, 0.3) is 0 Å². The number of benzene rings is 1. The van der Waals surface area contributed by atoms with E-state index < -0.39 is 41.1 Å². The first kappa shape index (κ1) is 33.0. The average molecular weight is 638 g/mol. The van der Waals surface area contributed by atoms with Crippen molar-refractivity contribution in [2.45, 2.75) is 104 Å². The number of amides is 3. The van der Waals surface area contributed by atoms with E-state index in [1.165, 1.54) is 9.80 Å². The fraction of sp³-hybridized carbons (Fsp3) is 0.559. The third-order valence-electron chi connectivity index (χ3n) is 7.82. The van der Waals surface area contributed by atoms with E-state index in [1.807, 2.05) is 0 Å². The van der Waals surface area contributed by atoms with Crippen molar-refractivity contribution in [3.05, 3.63) is 47.2 Å². The number of likely N-dealkylation sites (tertiary alicyclic amines) is 1. The first-order valence-corrected chi connectivity index (χ1v) is 15.5. The molecule has 0 N–H and O–H groups in total. The van der Waals surface area contributed by atoms with Gasteiger partial charge in [0.05, 0.1) is 6.04 Å². The molecule has 2 unspecified atom stereocenters. The number of esters is 1. The van der Waals surface area contributed by atoms with E-state index in [-0.39, 0.29) is 35.2 Å². The van der Waals surface area contributed by atoms with Crippen LogP contribution in [0.4, 0.5) is 15.3 Å². The van der Waals surface area contributed by atoms with Gasteiger partial charge in [-0.3, -0.25) is 19.4 Å². The smallest absolute Gasteiger partial charge is 0.455 e. The number of allylic oxidation sites excluding steroid dienone is 2. The summed E-state index contributed by atoms with van der Waals surface area (Å²) in [5.74, 6) is -1.13. The quantitative estimate of drug-likeness (QED) is 0.145. The molecule has 4 aliphatic heterocycles. The summed E-state index contributed by atoms with van der Waals surface area (Å²) in [5.41, 5.74) is -0.503. The van der Waals surface area contributed by atoms with E-state index in [4.69, 9.17) is 18.9 Å². The molecule has 1 aromatic carbocycles. The zero-order valence-electron chi connectivity index (χ0n) is 28.0. The predicted octanol–water partition coefficient (Wildman–Crippen LogP) is 5.11. The molecule has 3 fully saturated rings. The summed E-state index contributed by atoms with van der Waals surface area (Å²) < 4.78 is 21.7. The van der Waals surface area contributed by atoms with Gasteiger partial charge in [-0.1, -0.05) is 0 Å². The van der Waals surface area contributed by atoms with Crippen molar-refractivity contribution in [1.29, 1.82) is 0 Å². The minimum Gasteiger partial charge on any atom is -0.455 e. The molecule has 12 nitrogen and oxygen atoms in total. The van der Waals surface area contributed by atoms with Gasteiger partial charge >= 0.3 is 18.2 Å². The maximum Gasteiger partial charge on any atom is 0.514 e. The van der Waals surface area contributed by atoms with E-state index in [9.17, 15) is 24.0 Å². The molecule has 3 amide bonds. The average Bonchev–Trinajstić information content (AvgIpc) is 3.44. The van der Waals surface area contributed by atoms with Crippen molar-refractivity contribution in [1.82, 2.24) is 9.80 Å². The minimum atomic E-state index is -0.824. The van der Waals surface area contributed by atoms with E-state index in [0.717, 1.165) is 0 Å². The van der Waals surface area contributed by atoms with Crippen LogP contribution >= 0.6 is 0 Å². The normalized spacial score (nSPS) is 23.8. The Balaban J connectivity index is 1.39. The first-order valence-electron chi connectivity index (χ1n) is 15.5. The predicted molar refractivity (Wildman–Crippen MR) is 167 cm³/mol. The minimum absolute atomic E-state index is 0.117. The number of hydrogen-bond acceptors (Lipinski definition) is 9. The highest BCUT2D eigenvalue weighted by molar-refractivity contribution is 6.09. The molecule has 4 aliphatic rings. The molecule has 12 heteroatoms. The molecule has 0 aromatic heterocycles. The van der Waals surface area contributed by atoms with Gasteiger partial charge in [-0.15, -0.1) is 0 Å². The molecule has 4 heterocycles. The van der Waals surface area contributed by atoms with Gasteiger partial charge in [0.1, 0.15) is 34.3 Å². The van der Waals surface area contributed by atoms with E-state index in [2.05, 4.69) is 0 Å². The van der Waals surface area contributed by atoms with Crippen LogP contribution in [0, 0.1) is 5.92 Å². The summed E-state index contributed by atoms with van der Waals surface area (Å²) in [6, 6.07) is 5.45. The highest BCUT2D eigenvalue weighted by Gasteiger charge is 2.64. The lowest BCUT2D eigenvalue weighted by Crippen LogP contribution is -2.69. The lowest BCUT2D eigenvalue weighted by Gasteiger charge is -2.50. The van der Waals surface area contributed by atoms with Gasteiger partial charge in [0.15, 0.2) is 0 Å². The number of anilines is 1. The maximum absolute atomic E-state index is 13.6. The molecule has 0 radical (unpaired) electrons. The molecular weight excluding hydrogens is 594 g/mol. The van der Waals surface area contributed by atoms with Gasteiger partial charge in [-0.25, -0.2) is 14.4 Å². The van der Waals surface area contributed by atoms with Gasteiger partial charge < -0.3 is 23.8 Å².